The first-order valence-electron chi connectivity index (χ1n) is 6.41. The number of ether oxygens (including phenoxy) is 1. The molecule has 1 aromatic carbocycles. The van der Waals surface area contributed by atoms with E-state index in [0.717, 1.165) is 5.52 Å². The van der Waals surface area contributed by atoms with Crippen LogP contribution in [0.15, 0.2) is 59.2 Å². The Kier molecular flexibility index (Phi) is 3.73. The van der Waals surface area contributed by atoms with E-state index in [-0.39, 0.29) is 6.61 Å². The molecule has 0 fully saturated rings. The Bertz CT molecular complexity index is 745. The molecule has 0 radical (unpaired) electrons. The average molecular weight is 280 g/mol. The van der Waals surface area contributed by atoms with Crippen molar-refractivity contribution in [3.8, 4) is 0 Å². The molecular formula is C16H12N2O3. The highest BCUT2D eigenvalue weighted by Gasteiger charge is 2.03. The molecule has 0 saturated heterocycles. The van der Waals surface area contributed by atoms with Crippen LogP contribution in [0.4, 0.5) is 0 Å². The van der Waals surface area contributed by atoms with Crippen molar-refractivity contribution >= 4 is 23.1 Å². The predicted molar refractivity (Wildman–Crippen MR) is 77.1 cm³/mol. The highest BCUT2D eigenvalue weighted by atomic mass is 16.5. The minimum absolute atomic E-state index is 0.136. The third kappa shape index (κ3) is 3.33. The lowest BCUT2D eigenvalue weighted by molar-refractivity contribution is -0.139. The molecule has 5 heteroatoms. The van der Waals surface area contributed by atoms with Crippen LogP contribution in [0.25, 0.3) is 17.2 Å². The van der Waals surface area contributed by atoms with E-state index in [0.29, 0.717) is 17.2 Å². The number of aromatic nitrogens is 2. The Morgan fingerprint density at radius 2 is 2.05 bits per heavy atom. The van der Waals surface area contributed by atoms with Gasteiger partial charge in [-0.2, -0.15) is 0 Å². The Hall–Kier alpha value is -2.95. The number of carbonyl (C=O) groups excluding carboxylic acids is 1. The van der Waals surface area contributed by atoms with Gasteiger partial charge in [-0.05, 0) is 24.3 Å². The Morgan fingerprint density at radius 1 is 1.19 bits per heavy atom. The molecule has 2 heterocycles. The quantitative estimate of drug-likeness (QED) is 0.543. The van der Waals surface area contributed by atoms with Gasteiger partial charge in [0.15, 0.2) is 5.58 Å². The number of esters is 1. The van der Waals surface area contributed by atoms with E-state index in [1.807, 2.05) is 30.3 Å². The highest BCUT2D eigenvalue weighted by Crippen LogP contribution is 2.15. The summed E-state index contributed by atoms with van der Waals surface area (Å²) in [4.78, 5) is 19.9. The lowest BCUT2D eigenvalue weighted by Crippen LogP contribution is -2.01. The van der Waals surface area contributed by atoms with Gasteiger partial charge in [-0.1, -0.05) is 18.2 Å². The summed E-state index contributed by atoms with van der Waals surface area (Å²) in [5, 5.41) is 0. The summed E-state index contributed by atoms with van der Waals surface area (Å²) in [6, 6.07) is 12.8. The lowest BCUT2D eigenvalue weighted by atomic mass is 10.3. The van der Waals surface area contributed by atoms with Crippen LogP contribution < -0.4 is 0 Å². The zero-order valence-corrected chi connectivity index (χ0v) is 11.1. The fraction of sp³-hybridized carbons (Fsp3) is 0.0625. The van der Waals surface area contributed by atoms with Crippen molar-refractivity contribution in [2.45, 2.75) is 6.61 Å². The van der Waals surface area contributed by atoms with E-state index < -0.39 is 5.97 Å². The number of oxazole rings is 1. The molecule has 3 rings (SSSR count). The molecule has 0 aliphatic heterocycles. The van der Waals surface area contributed by atoms with Crippen molar-refractivity contribution in [2.75, 3.05) is 0 Å². The zero-order chi connectivity index (χ0) is 14.5. The van der Waals surface area contributed by atoms with Crippen LogP contribution >= 0.6 is 0 Å². The molecular weight excluding hydrogens is 268 g/mol. The van der Waals surface area contributed by atoms with Crippen molar-refractivity contribution in [2.24, 2.45) is 0 Å². The highest BCUT2D eigenvalue weighted by molar-refractivity contribution is 5.86. The number of pyridine rings is 1. The van der Waals surface area contributed by atoms with Gasteiger partial charge in [0, 0.05) is 18.3 Å². The molecule has 0 unspecified atom stereocenters. The van der Waals surface area contributed by atoms with Crippen molar-refractivity contribution in [1.29, 1.82) is 0 Å². The first-order chi connectivity index (χ1) is 10.3. The molecule has 0 atom stereocenters. The van der Waals surface area contributed by atoms with Crippen molar-refractivity contribution in [3.05, 3.63) is 66.3 Å². The minimum atomic E-state index is -0.470. The summed E-state index contributed by atoms with van der Waals surface area (Å²) < 4.78 is 10.5. The van der Waals surface area contributed by atoms with Gasteiger partial charge in [-0.25, -0.2) is 9.78 Å². The maximum atomic E-state index is 11.6. The minimum Gasteiger partial charge on any atom is -0.456 e. The van der Waals surface area contributed by atoms with Gasteiger partial charge in [0.25, 0.3) is 0 Å². The van der Waals surface area contributed by atoms with Crippen LogP contribution in [0.2, 0.25) is 0 Å². The summed E-state index contributed by atoms with van der Waals surface area (Å²) >= 11 is 0. The Morgan fingerprint density at radius 3 is 2.86 bits per heavy atom. The number of hydrogen-bond donors (Lipinski definition) is 0. The van der Waals surface area contributed by atoms with E-state index in [9.17, 15) is 4.79 Å². The summed E-state index contributed by atoms with van der Waals surface area (Å²) in [7, 11) is 0. The van der Waals surface area contributed by atoms with E-state index in [1.54, 1.807) is 18.3 Å². The number of fused-ring (bicyclic) bond motifs is 1. The molecule has 0 N–H and O–H groups in total. The fourth-order valence-electron chi connectivity index (χ4n) is 1.78. The van der Waals surface area contributed by atoms with E-state index in [1.165, 1.54) is 12.2 Å². The first-order valence-corrected chi connectivity index (χ1v) is 6.41. The van der Waals surface area contributed by atoms with Gasteiger partial charge >= 0.3 is 5.97 Å². The number of hydrogen-bond acceptors (Lipinski definition) is 5. The number of para-hydroxylation sites is 2. The second-order valence-corrected chi connectivity index (χ2v) is 4.28. The smallest absolute Gasteiger partial charge is 0.331 e. The number of benzene rings is 1. The van der Waals surface area contributed by atoms with Crippen molar-refractivity contribution in [1.82, 2.24) is 9.97 Å². The van der Waals surface area contributed by atoms with Crippen molar-refractivity contribution < 1.29 is 13.9 Å². The molecule has 0 bridgehead atoms. The molecule has 0 aliphatic rings. The van der Waals surface area contributed by atoms with Crippen LogP contribution in [0.3, 0.4) is 0 Å². The maximum Gasteiger partial charge on any atom is 0.331 e. The topological polar surface area (TPSA) is 65.2 Å². The Balaban J connectivity index is 1.61. The predicted octanol–water partition coefficient (Wildman–Crippen LogP) is 2.98. The van der Waals surface area contributed by atoms with Crippen LogP contribution in [0.1, 0.15) is 11.6 Å². The molecule has 3 aromatic rings. The zero-order valence-electron chi connectivity index (χ0n) is 11.1. The fourth-order valence-corrected chi connectivity index (χ4v) is 1.78. The van der Waals surface area contributed by atoms with E-state index >= 15 is 0 Å². The van der Waals surface area contributed by atoms with Gasteiger partial charge in [0.1, 0.15) is 12.1 Å². The van der Waals surface area contributed by atoms with Gasteiger partial charge in [-0.3, -0.25) is 4.98 Å². The number of rotatable bonds is 4. The summed E-state index contributed by atoms with van der Waals surface area (Å²) in [5.74, 6) is -0.103. The third-order valence-corrected chi connectivity index (χ3v) is 2.76. The van der Waals surface area contributed by atoms with Gasteiger partial charge in [0.05, 0.1) is 5.69 Å². The molecule has 2 aromatic heterocycles. The standard InChI is InChI=1S/C16H12N2O3/c19-16(20-11-12-5-3-4-10-17-12)9-8-15-18-13-6-1-2-7-14(13)21-15/h1-10H,11H2/b9-8+. The summed E-state index contributed by atoms with van der Waals surface area (Å²) in [6.45, 7) is 0.136. The second kappa shape index (κ2) is 6.00. The number of carbonyl (C=O) groups is 1. The molecule has 5 nitrogen and oxygen atoms in total. The lowest BCUT2D eigenvalue weighted by Gasteiger charge is -2.00. The van der Waals surface area contributed by atoms with Crippen LogP contribution in [0, 0.1) is 0 Å². The molecule has 0 spiro atoms. The maximum absolute atomic E-state index is 11.6. The van der Waals surface area contributed by atoms with Crippen LogP contribution in [-0.2, 0) is 16.1 Å². The second-order valence-electron chi connectivity index (χ2n) is 4.28. The molecule has 104 valence electrons. The van der Waals surface area contributed by atoms with Gasteiger partial charge < -0.3 is 9.15 Å². The molecule has 0 amide bonds. The molecule has 0 aliphatic carbocycles. The monoisotopic (exact) mass is 280 g/mol. The normalized spacial score (nSPS) is 11.0. The van der Waals surface area contributed by atoms with Gasteiger partial charge in [0.2, 0.25) is 5.89 Å². The van der Waals surface area contributed by atoms with E-state index in [4.69, 9.17) is 9.15 Å². The number of nitrogens with zero attached hydrogens (tertiary/aromatic N) is 2. The van der Waals surface area contributed by atoms with Crippen molar-refractivity contribution in [3.63, 3.8) is 0 Å². The summed E-state index contributed by atoms with van der Waals surface area (Å²) in [6.07, 6.45) is 4.42. The Labute approximate surface area is 120 Å². The van der Waals surface area contributed by atoms with Crippen LogP contribution in [0.5, 0.6) is 0 Å². The SMILES string of the molecule is O=C(/C=C/c1nc2ccccc2o1)OCc1ccccn1. The first kappa shape index (κ1) is 13.1. The van der Waals surface area contributed by atoms with Crippen LogP contribution in [-0.4, -0.2) is 15.9 Å². The largest absolute Gasteiger partial charge is 0.456 e. The average Bonchev–Trinajstić information content (AvgIpc) is 2.95. The van der Waals surface area contributed by atoms with Gasteiger partial charge in [-0.15, -0.1) is 0 Å². The third-order valence-electron chi connectivity index (χ3n) is 2.76. The van der Waals surface area contributed by atoms with E-state index in [2.05, 4.69) is 9.97 Å². The molecule has 21 heavy (non-hydrogen) atoms. The summed E-state index contributed by atoms with van der Waals surface area (Å²) in [5.41, 5.74) is 2.12. The molecule has 0 saturated carbocycles.